The summed E-state index contributed by atoms with van der Waals surface area (Å²) in [5.74, 6) is 0.577. The molecule has 0 bridgehead atoms. The van der Waals surface area contributed by atoms with Crippen molar-refractivity contribution in [3.05, 3.63) is 27.7 Å². The molecule has 0 aliphatic heterocycles. The van der Waals surface area contributed by atoms with Crippen LogP contribution in [0.2, 0.25) is 0 Å². The molecule has 1 aromatic rings. The lowest BCUT2D eigenvalue weighted by molar-refractivity contribution is 0.470. The van der Waals surface area contributed by atoms with Crippen LogP contribution >= 0.6 is 15.9 Å². The summed E-state index contributed by atoms with van der Waals surface area (Å²) < 4.78 is 0.764. The van der Waals surface area contributed by atoms with E-state index in [9.17, 15) is 5.11 Å². The quantitative estimate of drug-likeness (QED) is 0.839. The van der Waals surface area contributed by atoms with Crippen LogP contribution in [0.15, 0.2) is 16.6 Å². The van der Waals surface area contributed by atoms with E-state index in [4.69, 9.17) is 5.73 Å². The molecule has 1 unspecified atom stereocenters. The van der Waals surface area contributed by atoms with Crippen LogP contribution in [0.5, 0.6) is 5.75 Å². The Bertz CT molecular complexity index is 289. The number of benzene rings is 1. The van der Waals surface area contributed by atoms with Gasteiger partial charge in [0, 0.05) is 0 Å². The number of nitrogens with two attached hydrogens (primary N) is 1. The summed E-state index contributed by atoms with van der Waals surface area (Å²) in [4.78, 5) is 0. The Balaban J connectivity index is 3.13. The molecule has 0 aliphatic carbocycles. The van der Waals surface area contributed by atoms with Crippen molar-refractivity contribution in [2.75, 3.05) is 6.54 Å². The summed E-state index contributed by atoms with van der Waals surface area (Å²) in [5, 5.41) is 9.54. The third-order valence-electron chi connectivity index (χ3n) is 2.18. The first-order chi connectivity index (χ1) is 6.06. The standard InChI is InChI=1S/C10H14BrNO/c1-6-3-8(7(2)5-12)4-9(13)10(6)11/h3-4,7,13H,5,12H2,1-2H3. The van der Waals surface area contributed by atoms with Gasteiger partial charge >= 0.3 is 0 Å². The summed E-state index contributed by atoms with van der Waals surface area (Å²) in [7, 11) is 0. The molecule has 72 valence electrons. The van der Waals surface area contributed by atoms with Gasteiger partial charge in [0.25, 0.3) is 0 Å². The van der Waals surface area contributed by atoms with E-state index in [1.165, 1.54) is 0 Å². The van der Waals surface area contributed by atoms with Crippen molar-refractivity contribution in [1.82, 2.24) is 0 Å². The summed E-state index contributed by atoms with van der Waals surface area (Å²) in [6.45, 7) is 4.60. The molecule has 3 heteroatoms. The Hall–Kier alpha value is -0.540. The number of halogens is 1. The fourth-order valence-electron chi connectivity index (χ4n) is 1.20. The summed E-state index contributed by atoms with van der Waals surface area (Å²) in [5.41, 5.74) is 7.67. The monoisotopic (exact) mass is 243 g/mol. The van der Waals surface area contributed by atoms with Crippen LogP contribution in [0.3, 0.4) is 0 Å². The van der Waals surface area contributed by atoms with Crippen molar-refractivity contribution in [2.45, 2.75) is 19.8 Å². The molecule has 0 fully saturated rings. The van der Waals surface area contributed by atoms with Gasteiger partial charge in [-0.2, -0.15) is 0 Å². The predicted molar refractivity (Wildman–Crippen MR) is 58.0 cm³/mol. The number of hydrogen-bond acceptors (Lipinski definition) is 2. The van der Waals surface area contributed by atoms with E-state index in [0.29, 0.717) is 6.54 Å². The first-order valence-corrected chi connectivity index (χ1v) is 5.04. The Morgan fingerprint density at radius 3 is 2.62 bits per heavy atom. The van der Waals surface area contributed by atoms with E-state index in [2.05, 4.69) is 15.9 Å². The van der Waals surface area contributed by atoms with Gasteiger partial charge in [-0.15, -0.1) is 0 Å². The van der Waals surface area contributed by atoms with Gasteiger partial charge in [-0.3, -0.25) is 0 Å². The van der Waals surface area contributed by atoms with Gasteiger partial charge in [-0.1, -0.05) is 13.0 Å². The molecule has 0 heterocycles. The minimum atomic E-state index is 0.287. The highest BCUT2D eigenvalue weighted by Gasteiger charge is 2.08. The van der Waals surface area contributed by atoms with Gasteiger partial charge in [-0.05, 0) is 52.5 Å². The molecular formula is C10H14BrNO. The van der Waals surface area contributed by atoms with Crippen molar-refractivity contribution in [2.24, 2.45) is 5.73 Å². The first-order valence-electron chi connectivity index (χ1n) is 4.25. The van der Waals surface area contributed by atoms with Crippen molar-refractivity contribution in [3.8, 4) is 5.75 Å². The molecule has 0 aliphatic rings. The van der Waals surface area contributed by atoms with Crippen molar-refractivity contribution in [3.63, 3.8) is 0 Å². The number of rotatable bonds is 2. The van der Waals surface area contributed by atoms with E-state index >= 15 is 0 Å². The Morgan fingerprint density at radius 1 is 1.54 bits per heavy atom. The van der Waals surface area contributed by atoms with Crippen molar-refractivity contribution < 1.29 is 5.11 Å². The maximum absolute atomic E-state index is 9.54. The topological polar surface area (TPSA) is 46.2 Å². The van der Waals surface area contributed by atoms with Gasteiger partial charge in [0.2, 0.25) is 0 Å². The largest absolute Gasteiger partial charge is 0.507 e. The van der Waals surface area contributed by atoms with Crippen LogP contribution in [0.25, 0.3) is 0 Å². The normalized spacial score (nSPS) is 12.9. The lowest BCUT2D eigenvalue weighted by atomic mass is 9.99. The van der Waals surface area contributed by atoms with E-state index in [0.717, 1.165) is 15.6 Å². The number of aromatic hydroxyl groups is 1. The lowest BCUT2D eigenvalue weighted by Crippen LogP contribution is -2.08. The minimum Gasteiger partial charge on any atom is -0.507 e. The van der Waals surface area contributed by atoms with Crippen LogP contribution in [0.1, 0.15) is 24.0 Å². The summed E-state index contributed by atoms with van der Waals surface area (Å²) in [6.07, 6.45) is 0. The molecule has 0 aromatic heterocycles. The van der Waals surface area contributed by atoms with Crippen molar-refractivity contribution >= 4 is 15.9 Å². The highest BCUT2D eigenvalue weighted by molar-refractivity contribution is 9.10. The highest BCUT2D eigenvalue weighted by Crippen LogP contribution is 2.31. The van der Waals surface area contributed by atoms with Gasteiger partial charge < -0.3 is 10.8 Å². The van der Waals surface area contributed by atoms with Gasteiger partial charge in [0.15, 0.2) is 0 Å². The van der Waals surface area contributed by atoms with E-state index in [1.54, 1.807) is 6.07 Å². The fraction of sp³-hybridized carbons (Fsp3) is 0.400. The smallest absolute Gasteiger partial charge is 0.130 e. The second-order valence-electron chi connectivity index (χ2n) is 3.31. The van der Waals surface area contributed by atoms with E-state index in [-0.39, 0.29) is 11.7 Å². The average Bonchev–Trinajstić information content (AvgIpc) is 2.12. The predicted octanol–water partition coefficient (Wildman–Crippen LogP) is 2.53. The van der Waals surface area contributed by atoms with Crippen LogP contribution in [-0.2, 0) is 0 Å². The zero-order valence-corrected chi connectivity index (χ0v) is 9.43. The number of phenols is 1. The molecule has 3 N–H and O–H groups in total. The SMILES string of the molecule is Cc1cc(C(C)CN)cc(O)c1Br. The zero-order chi connectivity index (χ0) is 10.0. The Morgan fingerprint density at radius 2 is 2.15 bits per heavy atom. The second kappa shape index (κ2) is 4.11. The average molecular weight is 244 g/mol. The molecule has 0 amide bonds. The van der Waals surface area contributed by atoms with Gasteiger partial charge in [0.05, 0.1) is 4.47 Å². The molecule has 0 radical (unpaired) electrons. The number of aryl methyl sites for hydroxylation is 1. The number of hydrogen-bond donors (Lipinski definition) is 2. The van der Waals surface area contributed by atoms with Crippen LogP contribution < -0.4 is 5.73 Å². The molecule has 1 rings (SSSR count). The molecule has 0 saturated carbocycles. The third-order valence-corrected chi connectivity index (χ3v) is 3.21. The van der Waals surface area contributed by atoms with E-state index in [1.807, 2.05) is 19.9 Å². The molecule has 0 saturated heterocycles. The zero-order valence-electron chi connectivity index (χ0n) is 7.84. The van der Waals surface area contributed by atoms with Crippen LogP contribution in [-0.4, -0.2) is 11.7 Å². The summed E-state index contributed by atoms with van der Waals surface area (Å²) in [6, 6.07) is 3.80. The Labute approximate surface area is 86.9 Å². The molecule has 0 spiro atoms. The van der Waals surface area contributed by atoms with Crippen LogP contribution in [0.4, 0.5) is 0 Å². The van der Waals surface area contributed by atoms with Gasteiger partial charge in [-0.25, -0.2) is 0 Å². The molecule has 13 heavy (non-hydrogen) atoms. The molecular weight excluding hydrogens is 230 g/mol. The first kappa shape index (κ1) is 10.5. The molecule has 1 aromatic carbocycles. The molecule has 1 atom stereocenters. The number of phenolic OH excluding ortho intramolecular Hbond substituents is 1. The van der Waals surface area contributed by atoms with Crippen molar-refractivity contribution in [1.29, 1.82) is 0 Å². The molecule has 2 nitrogen and oxygen atoms in total. The lowest BCUT2D eigenvalue weighted by Gasteiger charge is -2.11. The third kappa shape index (κ3) is 2.23. The minimum absolute atomic E-state index is 0.287. The second-order valence-corrected chi connectivity index (χ2v) is 4.10. The fourth-order valence-corrected chi connectivity index (χ4v) is 1.43. The van der Waals surface area contributed by atoms with Gasteiger partial charge in [0.1, 0.15) is 5.75 Å². The van der Waals surface area contributed by atoms with E-state index < -0.39 is 0 Å². The highest BCUT2D eigenvalue weighted by atomic mass is 79.9. The Kier molecular flexibility index (Phi) is 3.33. The summed E-state index contributed by atoms with van der Waals surface area (Å²) >= 11 is 3.30. The maximum Gasteiger partial charge on any atom is 0.130 e. The van der Waals surface area contributed by atoms with Crippen LogP contribution in [0, 0.1) is 6.92 Å². The maximum atomic E-state index is 9.54.